The van der Waals surface area contributed by atoms with Crippen LogP contribution in [0, 0.1) is 0 Å². The van der Waals surface area contributed by atoms with E-state index in [4.69, 9.17) is 4.74 Å². The summed E-state index contributed by atoms with van der Waals surface area (Å²) in [6.45, 7) is 3.43. The van der Waals surface area contributed by atoms with Crippen LogP contribution in [0.3, 0.4) is 0 Å². The second kappa shape index (κ2) is 4.85. The van der Waals surface area contributed by atoms with Gasteiger partial charge in [0.15, 0.2) is 0 Å². The van der Waals surface area contributed by atoms with Crippen molar-refractivity contribution in [3.63, 3.8) is 0 Å². The Morgan fingerprint density at radius 3 is 3.06 bits per heavy atom. The molecule has 1 fully saturated rings. The first-order chi connectivity index (χ1) is 7.59. The smallest absolute Gasteiger partial charge is 0.261 e. The monoisotopic (exact) mass is 303 g/mol. The summed E-state index contributed by atoms with van der Waals surface area (Å²) in [5, 5.41) is 2.92. The van der Waals surface area contributed by atoms with Crippen LogP contribution in [0.1, 0.15) is 29.4 Å². The zero-order chi connectivity index (χ0) is 11.6. The number of ether oxygens (including phenoxy) is 1. The molecule has 1 unspecified atom stereocenters. The van der Waals surface area contributed by atoms with Crippen molar-refractivity contribution in [2.24, 2.45) is 0 Å². The summed E-state index contributed by atoms with van der Waals surface area (Å²) in [5.41, 5.74) is -0.176. The van der Waals surface area contributed by atoms with Crippen LogP contribution in [0.5, 0.6) is 0 Å². The van der Waals surface area contributed by atoms with Gasteiger partial charge in [0.05, 0.1) is 14.3 Å². The maximum Gasteiger partial charge on any atom is 0.261 e. The quantitative estimate of drug-likeness (QED) is 0.932. The Labute approximate surface area is 107 Å². The van der Waals surface area contributed by atoms with E-state index in [-0.39, 0.29) is 11.5 Å². The highest BCUT2D eigenvalue weighted by atomic mass is 79.9. The molecule has 1 aliphatic heterocycles. The van der Waals surface area contributed by atoms with Crippen molar-refractivity contribution in [2.75, 3.05) is 13.2 Å². The largest absolute Gasteiger partial charge is 0.373 e. The van der Waals surface area contributed by atoms with Gasteiger partial charge in [0.2, 0.25) is 0 Å². The number of nitrogens with one attached hydrogen (secondary N) is 1. The third kappa shape index (κ3) is 2.84. The predicted octanol–water partition coefficient (Wildman–Crippen LogP) is 2.81. The minimum absolute atomic E-state index is 0.0209. The van der Waals surface area contributed by atoms with Gasteiger partial charge in [0.25, 0.3) is 5.91 Å². The maximum atomic E-state index is 11.8. The molecule has 88 valence electrons. The van der Waals surface area contributed by atoms with Gasteiger partial charge in [-0.2, -0.15) is 0 Å². The van der Waals surface area contributed by atoms with Gasteiger partial charge in [-0.25, -0.2) is 0 Å². The van der Waals surface area contributed by atoms with E-state index in [1.807, 2.05) is 19.1 Å². The lowest BCUT2D eigenvalue weighted by molar-refractivity contribution is 0.0206. The highest BCUT2D eigenvalue weighted by molar-refractivity contribution is 9.11. The van der Waals surface area contributed by atoms with Crippen molar-refractivity contribution < 1.29 is 9.53 Å². The molecule has 3 nitrogen and oxygen atoms in total. The number of carbonyl (C=O) groups is 1. The Bertz CT molecular complexity index is 385. The lowest BCUT2D eigenvalue weighted by atomic mass is 10.0. The number of thiophene rings is 1. The molecule has 0 radical (unpaired) electrons. The molecule has 16 heavy (non-hydrogen) atoms. The Morgan fingerprint density at radius 1 is 1.69 bits per heavy atom. The Hall–Kier alpha value is -0.390. The zero-order valence-corrected chi connectivity index (χ0v) is 11.5. The molecule has 1 aromatic heterocycles. The molecule has 5 heteroatoms. The molecule has 1 aromatic rings. The van der Waals surface area contributed by atoms with Crippen molar-refractivity contribution in [3.8, 4) is 0 Å². The van der Waals surface area contributed by atoms with Gasteiger partial charge < -0.3 is 10.1 Å². The second-order valence-electron chi connectivity index (χ2n) is 4.19. The molecule has 2 rings (SSSR count). The Balaban J connectivity index is 1.88. The summed E-state index contributed by atoms with van der Waals surface area (Å²) < 4.78 is 6.58. The average molecular weight is 304 g/mol. The molecule has 0 aromatic carbocycles. The molecule has 0 spiro atoms. The van der Waals surface area contributed by atoms with Gasteiger partial charge >= 0.3 is 0 Å². The van der Waals surface area contributed by atoms with E-state index in [9.17, 15) is 4.79 Å². The van der Waals surface area contributed by atoms with Crippen molar-refractivity contribution in [1.82, 2.24) is 5.32 Å². The van der Waals surface area contributed by atoms with E-state index in [0.717, 1.165) is 28.1 Å². The third-order valence-electron chi connectivity index (χ3n) is 2.72. The van der Waals surface area contributed by atoms with Crippen LogP contribution in [-0.2, 0) is 4.74 Å². The second-order valence-corrected chi connectivity index (χ2v) is 6.65. The number of rotatable bonds is 3. The SMILES string of the molecule is CC1(CNC(=O)c2ccc(Br)s2)CCCO1. The number of amides is 1. The van der Waals surface area contributed by atoms with E-state index in [1.165, 1.54) is 11.3 Å². The molecule has 2 heterocycles. The molecule has 0 bridgehead atoms. The minimum Gasteiger partial charge on any atom is -0.373 e. The van der Waals surface area contributed by atoms with E-state index in [1.54, 1.807) is 0 Å². The first-order valence-electron chi connectivity index (χ1n) is 5.27. The molecule has 0 saturated carbocycles. The molecule has 1 saturated heterocycles. The van der Waals surface area contributed by atoms with Crippen LogP contribution < -0.4 is 5.32 Å². The summed E-state index contributed by atoms with van der Waals surface area (Å²) in [4.78, 5) is 12.5. The van der Waals surface area contributed by atoms with Crippen LogP contribution in [0.2, 0.25) is 0 Å². The van der Waals surface area contributed by atoms with Gasteiger partial charge in [-0.3, -0.25) is 4.79 Å². The highest BCUT2D eigenvalue weighted by Gasteiger charge is 2.30. The molecule has 1 aliphatic rings. The van der Waals surface area contributed by atoms with Gasteiger partial charge in [0.1, 0.15) is 0 Å². The van der Waals surface area contributed by atoms with Crippen LogP contribution in [0.25, 0.3) is 0 Å². The van der Waals surface area contributed by atoms with E-state index in [2.05, 4.69) is 21.2 Å². The zero-order valence-electron chi connectivity index (χ0n) is 9.09. The van der Waals surface area contributed by atoms with E-state index in [0.29, 0.717) is 6.54 Å². The van der Waals surface area contributed by atoms with Crippen LogP contribution in [0.4, 0.5) is 0 Å². The van der Waals surface area contributed by atoms with Crippen LogP contribution >= 0.6 is 27.3 Å². The molecule has 1 N–H and O–H groups in total. The van der Waals surface area contributed by atoms with Gasteiger partial charge in [-0.15, -0.1) is 11.3 Å². The predicted molar refractivity (Wildman–Crippen MR) is 67.9 cm³/mol. The highest BCUT2D eigenvalue weighted by Crippen LogP contribution is 2.25. The van der Waals surface area contributed by atoms with Crippen LogP contribution in [0.15, 0.2) is 15.9 Å². The third-order valence-corrected chi connectivity index (χ3v) is 4.34. The van der Waals surface area contributed by atoms with E-state index >= 15 is 0 Å². The number of halogens is 1. The van der Waals surface area contributed by atoms with Crippen molar-refractivity contribution in [3.05, 3.63) is 20.8 Å². The topological polar surface area (TPSA) is 38.3 Å². The summed E-state index contributed by atoms with van der Waals surface area (Å²) in [6, 6.07) is 3.70. The fourth-order valence-electron chi connectivity index (χ4n) is 1.77. The standard InChI is InChI=1S/C11H14BrNO2S/c1-11(5-2-6-15-11)7-13-10(14)8-3-4-9(12)16-8/h3-4H,2,5-7H2,1H3,(H,13,14). The van der Waals surface area contributed by atoms with Crippen molar-refractivity contribution >= 4 is 33.2 Å². The number of carbonyl (C=O) groups excluding carboxylic acids is 1. The van der Waals surface area contributed by atoms with Gasteiger partial charge in [0, 0.05) is 13.2 Å². The van der Waals surface area contributed by atoms with Gasteiger partial charge in [-0.1, -0.05) is 0 Å². The molecule has 1 amide bonds. The first kappa shape index (κ1) is 12.1. The number of hydrogen-bond acceptors (Lipinski definition) is 3. The number of hydrogen-bond donors (Lipinski definition) is 1. The fourth-order valence-corrected chi connectivity index (χ4v) is 3.07. The molecular formula is C11H14BrNO2S. The Morgan fingerprint density at radius 2 is 2.50 bits per heavy atom. The summed E-state index contributed by atoms with van der Waals surface area (Å²) >= 11 is 4.78. The molecular weight excluding hydrogens is 290 g/mol. The lowest BCUT2D eigenvalue weighted by Crippen LogP contribution is -2.39. The summed E-state index contributed by atoms with van der Waals surface area (Å²) in [6.07, 6.45) is 2.10. The van der Waals surface area contributed by atoms with Crippen LogP contribution in [-0.4, -0.2) is 24.7 Å². The Kier molecular flexibility index (Phi) is 3.66. The van der Waals surface area contributed by atoms with Crippen molar-refractivity contribution in [2.45, 2.75) is 25.4 Å². The molecule has 0 aliphatic carbocycles. The lowest BCUT2D eigenvalue weighted by Gasteiger charge is -2.23. The summed E-state index contributed by atoms with van der Waals surface area (Å²) in [5.74, 6) is -0.0209. The van der Waals surface area contributed by atoms with Gasteiger partial charge in [-0.05, 0) is 47.8 Å². The first-order valence-corrected chi connectivity index (χ1v) is 6.87. The normalized spacial score (nSPS) is 24.6. The average Bonchev–Trinajstić information content (AvgIpc) is 2.85. The molecule has 1 atom stereocenters. The summed E-state index contributed by atoms with van der Waals surface area (Å²) in [7, 11) is 0. The minimum atomic E-state index is -0.176. The van der Waals surface area contributed by atoms with E-state index < -0.39 is 0 Å². The fraction of sp³-hybridized carbons (Fsp3) is 0.545. The maximum absolute atomic E-state index is 11.8. The van der Waals surface area contributed by atoms with Crippen molar-refractivity contribution in [1.29, 1.82) is 0 Å².